The number of rotatable bonds is 25. The van der Waals surface area contributed by atoms with Crippen molar-refractivity contribution in [1.29, 1.82) is 0 Å². The van der Waals surface area contributed by atoms with Crippen LogP contribution in [0, 0.1) is 29.6 Å². The molecule has 14 atom stereocenters. The highest BCUT2D eigenvalue weighted by Crippen LogP contribution is 2.28. The Kier molecular flexibility index (Phi) is 39.9. The average Bonchev–Trinajstić information content (AvgIpc) is 1.80. The van der Waals surface area contributed by atoms with Crippen molar-refractivity contribution in [3.05, 3.63) is 108 Å². The van der Waals surface area contributed by atoms with Gasteiger partial charge >= 0.3 is 0 Å². The average molecular weight is 1820 g/mol. The van der Waals surface area contributed by atoms with Gasteiger partial charge in [0.1, 0.15) is 84.6 Å². The predicted octanol–water partition coefficient (Wildman–Crippen LogP) is 4.34. The summed E-state index contributed by atoms with van der Waals surface area (Å²) in [5.41, 5.74) is 8.81. The number of nitrogens with two attached hydrogens (primary N) is 1. The Morgan fingerprint density at radius 1 is 0.420 bits per heavy atom. The lowest BCUT2D eigenvalue weighted by atomic mass is 9.98. The summed E-state index contributed by atoms with van der Waals surface area (Å²) in [5.74, 6) is -12.9. The van der Waals surface area contributed by atoms with Crippen LogP contribution in [0.15, 0.2) is 91.3 Å². The molecule has 3 aliphatic rings. The molecule has 2 aromatic heterocycles. The Hall–Kier alpha value is -11.8. The molecule has 131 heavy (non-hydrogen) atoms. The Bertz CT molecular complexity index is 4780. The number of para-hydroxylation sites is 2. The van der Waals surface area contributed by atoms with Crippen LogP contribution in [0.3, 0.4) is 0 Å². The van der Waals surface area contributed by atoms with Gasteiger partial charge in [0.05, 0.1) is 13.1 Å². The second-order valence-corrected chi connectivity index (χ2v) is 37.6. The van der Waals surface area contributed by atoms with Gasteiger partial charge in [-0.25, -0.2) is 0 Å². The molecular weight excluding hydrogens is 1680 g/mol. The molecule has 0 saturated carbocycles. The Labute approximate surface area is 769 Å². The molecular formula is C96H143N19O16. The van der Waals surface area contributed by atoms with Gasteiger partial charge in [0.15, 0.2) is 0 Å². The van der Waals surface area contributed by atoms with Crippen LogP contribution in [-0.2, 0) is 96.0 Å². The lowest BCUT2D eigenvalue weighted by molar-refractivity contribution is -0.149. The molecule has 8 rings (SSSR count). The van der Waals surface area contributed by atoms with Gasteiger partial charge in [-0.3, -0.25) is 76.7 Å². The number of carbonyl (C=O) groups is 16. The number of unbranched alkanes of at least 4 members (excludes halogenated alkanes) is 2. The molecule has 3 fully saturated rings. The standard InChI is InChI=1S/C96H143N19O16/c1-17-19-36-77-89(124)104-70(44-57(7)8)87(122)110-76(84(119)101-53-81(97)116)52-98-54-82(117)102-74(47-61-30-22-21-23-31-61)92(127)111(14)60(13)83(118)107-72(45-58(9)10)94(129)114-40-28-38-78(114)90(125)105-69(43-56(5)6)86(121)108-73(46-59(11)12)95(130)115-41-29-39-79(115)91(126)106-71(48-62-50-99-66-34-26-24-32-64(62)66)88(123)103-68(42-55(3)4)85(120)109-75(49-63-51-100-67-35-27-25-33-65(63)67)93(128)113(16)80(37-20-18-2)96(131)112(77)15/h21-27,30-35,50-51,55-60,68-80,98-100H,17-20,28-29,36-49,52-54H2,1-16H3,(H2,97,116)(H,101,119)(H,102,117)(H,103,123)(H,104,124)(H,105,125)(H,106,126)(H,107,118)(H,108,121)(H,109,120)(H,110,122)/t60-,68-,69-,70-,71-,72-,73-,74-,75-,76-,77-,78-,79-,80-/m0/s1. The molecule has 35 heteroatoms. The van der Waals surface area contributed by atoms with Gasteiger partial charge in [0.25, 0.3) is 0 Å². The monoisotopic (exact) mass is 1820 g/mol. The minimum absolute atomic E-state index is 0.00397. The summed E-state index contributed by atoms with van der Waals surface area (Å²) >= 11 is 0. The van der Waals surface area contributed by atoms with Crippen LogP contribution < -0.4 is 64.2 Å². The SMILES string of the molecule is CCCC[C@H]1C(=O)N(C)[C@@H](CCCC)C(=O)N[C@@H](CC(C)C)C(=O)N[C@H](C(=O)NCC(N)=O)CNCC(=O)N[C@@H](Cc2ccccc2)C(=O)N(C)[C@@H](C)C(=O)N[C@@H](CC(C)C)C(=O)N2CCC[C@H]2C(=O)N[C@@H](CC(C)C)C(=O)N[C@@H](CC(C)C)C(=O)N2CCC[C@H]2C(=O)N[C@@H](Cc2c[nH]c3ccccc23)C(=O)N[C@@H](CC(C)C)C(=O)N[C@@H](Cc2c[nH]c3ccccc23)C(=O)N1C. The van der Waals surface area contributed by atoms with E-state index in [1.807, 2.05) is 118 Å². The van der Waals surface area contributed by atoms with Gasteiger partial charge in [-0.15, -0.1) is 0 Å². The summed E-state index contributed by atoms with van der Waals surface area (Å²) in [6, 6.07) is 5.25. The fourth-order valence-electron chi connectivity index (χ4n) is 17.4. The molecule has 15 N–H and O–H groups in total. The molecule has 0 spiro atoms. The highest BCUT2D eigenvalue weighted by molar-refractivity contribution is 6.02. The molecule has 16 amide bonds. The fraction of sp³-hybridized carbons (Fsp3) is 0.604. The minimum atomic E-state index is -1.56. The molecule has 3 saturated heterocycles. The summed E-state index contributed by atoms with van der Waals surface area (Å²) in [7, 11) is 4.26. The van der Waals surface area contributed by atoms with Crippen molar-refractivity contribution in [2.24, 2.45) is 35.3 Å². The summed E-state index contributed by atoms with van der Waals surface area (Å²) in [6.45, 7) is 22.2. The van der Waals surface area contributed by atoms with E-state index in [1.54, 1.807) is 56.6 Å². The molecule has 0 radical (unpaired) electrons. The maximum Gasteiger partial charge on any atom is 0.245 e. The van der Waals surface area contributed by atoms with E-state index >= 15 is 43.2 Å². The number of primary amides is 1. The van der Waals surface area contributed by atoms with E-state index in [9.17, 15) is 33.6 Å². The van der Waals surface area contributed by atoms with Crippen molar-refractivity contribution in [2.45, 2.75) is 290 Å². The number of aromatic nitrogens is 2. The van der Waals surface area contributed by atoms with Gasteiger partial charge in [0.2, 0.25) is 94.5 Å². The number of hydrogen-bond donors (Lipinski definition) is 14. The van der Waals surface area contributed by atoms with Gasteiger partial charge < -0.3 is 98.7 Å². The number of fused-ring (bicyclic) bond motifs is 4. The van der Waals surface area contributed by atoms with Crippen LogP contribution >= 0.6 is 0 Å². The van der Waals surface area contributed by atoms with Gasteiger partial charge in [-0.1, -0.05) is 175 Å². The second kappa shape index (κ2) is 50.0. The number of likely N-dealkylation sites (N-methyl/N-ethyl adjacent to an activating group) is 3. The number of nitrogens with one attached hydrogen (secondary N) is 13. The second-order valence-electron chi connectivity index (χ2n) is 37.6. The third-order valence-electron chi connectivity index (χ3n) is 24.6. The minimum Gasteiger partial charge on any atom is -0.368 e. The number of benzene rings is 3. The van der Waals surface area contributed by atoms with E-state index in [0.717, 1.165) is 26.7 Å². The predicted molar refractivity (Wildman–Crippen MR) is 498 cm³/mol. The zero-order valence-corrected chi connectivity index (χ0v) is 79.2. The van der Waals surface area contributed by atoms with Crippen LogP contribution in [0.5, 0.6) is 0 Å². The Morgan fingerprint density at radius 2 is 0.809 bits per heavy atom. The maximum atomic E-state index is 15.9. The smallest absolute Gasteiger partial charge is 0.245 e. The molecule has 35 nitrogen and oxygen atoms in total. The molecule has 3 aliphatic heterocycles. The summed E-state index contributed by atoms with van der Waals surface area (Å²) in [6.07, 6.45) is 6.70. The first-order chi connectivity index (χ1) is 62.2. The highest BCUT2D eigenvalue weighted by atomic mass is 16.2. The van der Waals surface area contributed by atoms with E-state index in [1.165, 1.54) is 47.7 Å². The quantitative estimate of drug-likeness (QED) is 0.0386. The summed E-state index contributed by atoms with van der Waals surface area (Å²) in [4.78, 5) is 252. The van der Waals surface area contributed by atoms with Crippen molar-refractivity contribution >= 4 is 116 Å². The molecule has 5 heterocycles. The van der Waals surface area contributed by atoms with Crippen LogP contribution in [0.4, 0.5) is 0 Å². The fourth-order valence-corrected chi connectivity index (χ4v) is 17.4. The maximum absolute atomic E-state index is 15.9. The van der Waals surface area contributed by atoms with E-state index in [4.69, 9.17) is 5.73 Å². The first-order valence-electron chi connectivity index (χ1n) is 46.7. The molecule has 718 valence electrons. The number of nitrogens with zero attached hydrogens (tertiary/aromatic N) is 5. The first-order valence-corrected chi connectivity index (χ1v) is 46.7. The Balaban J connectivity index is 1.19. The van der Waals surface area contributed by atoms with E-state index < -0.39 is 199 Å². The number of aromatic amines is 2. The lowest BCUT2D eigenvalue weighted by Gasteiger charge is -2.36. The first kappa shape index (κ1) is 105. The summed E-state index contributed by atoms with van der Waals surface area (Å²) in [5, 5.41) is 32.7. The largest absolute Gasteiger partial charge is 0.368 e. The van der Waals surface area contributed by atoms with Gasteiger partial charge in [-0.05, 0) is 136 Å². The third kappa shape index (κ3) is 29.9. The van der Waals surface area contributed by atoms with Crippen molar-refractivity contribution in [1.82, 2.24) is 93.0 Å². The van der Waals surface area contributed by atoms with Gasteiger partial charge in [-0.2, -0.15) is 0 Å². The molecule has 3 aromatic carbocycles. The van der Waals surface area contributed by atoms with Gasteiger partial charge in [0, 0.05) is 94.2 Å². The van der Waals surface area contributed by atoms with E-state index in [2.05, 4.69) is 68.5 Å². The van der Waals surface area contributed by atoms with Crippen molar-refractivity contribution in [3.8, 4) is 0 Å². The molecule has 0 bridgehead atoms. The zero-order chi connectivity index (χ0) is 96.2. The topological polar surface area (TPSA) is 479 Å². The van der Waals surface area contributed by atoms with Crippen molar-refractivity contribution in [2.75, 3.05) is 53.9 Å². The summed E-state index contributed by atoms with van der Waals surface area (Å²) < 4.78 is 0. The lowest BCUT2D eigenvalue weighted by Crippen LogP contribution is -2.61. The molecule has 0 unspecified atom stereocenters. The van der Waals surface area contributed by atoms with Crippen molar-refractivity contribution < 1.29 is 76.7 Å². The number of H-pyrrole nitrogens is 2. The highest BCUT2D eigenvalue weighted by Gasteiger charge is 2.46. The zero-order valence-electron chi connectivity index (χ0n) is 79.2. The van der Waals surface area contributed by atoms with E-state index in [0.29, 0.717) is 55.2 Å². The van der Waals surface area contributed by atoms with Crippen LogP contribution in [-0.4, -0.2) is 267 Å². The van der Waals surface area contributed by atoms with Crippen molar-refractivity contribution in [3.63, 3.8) is 0 Å². The number of carbonyl (C=O) groups excluding carboxylic acids is 16. The number of hydrogen-bond acceptors (Lipinski definition) is 17. The normalized spacial score (nSPS) is 24.9. The van der Waals surface area contributed by atoms with E-state index in [-0.39, 0.29) is 120 Å². The van der Waals surface area contributed by atoms with Crippen LogP contribution in [0.25, 0.3) is 21.8 Å². The molecule has 0 aliphatic carbocycles. The Morgan fingerprint density at radius 3 is 1.30 bits per heavy atom. The molecule has 5 aromatic rings. The van der Waals surface area contributed by atoms with Crippen LogP contribution in [0.1, 0.15) is 203 Å². The third-order valence-corrected chi connectivity index (χ3v) is 24.6. The van der Waals surface area contributed by atoms with Crippen LogP contribution in [0.2, 0.25) is 0 Å². The number of amides is 16.